The Hall–Kier alpha value is -2.47. The second-order valence-corrected chi connectivity index (χ2v) is 7.88. The zero-order chi connectivity index (χ0) is 19.1. The molecule has 138 valence electrons. The lowest BCUT2D eigenvalue weighted by atomic mass is 10.1. The van der Waals surface area contributed by atoms with E-state index in [1.54, 1.807) is 30.1 Å². The number of benzene rings is 2. The third-order valence-corrected chi connectivity index (χ3v) is 5.94. The highest BCUT2D eigenvalue weighted by Crippen LogP contribution is 2.35. The zero-order valence-corrected chi connectivity index (χ0v) is 16.5. The number of fused-ring (bicyclic) bond motifs is 2. The van der Waals surface area contributed by atoms with Crippen LogP contribution < -0.4 is 0 Å². The minimum atomic E-state index is -0.335. The van der Waals surface area contributed by atoms with Crippen LogP contribution >= 0.6 is 15.9 Å². The van der Waals surface area contributed by atoms with Crippen molar-refractivity contribution in [2.45, 2.75) is 25.3 Å². The number of halogens is 1. The van der Waals surface area contributed by atoms with Gasteiger partial charge >= 0.3 is 0 Å². The van der Waals surface area contributed by atoms with Crippen LogP contribution in [0.25, 0.3) is 0 Å². The summed E-state index contributed by atoms with van der Waals surface area (Å²) in [7, 11) is 1.80. The number of nitrogens with zero attached hydrogens (tertiary/aromatic N) is 2. The quantitative estimate of drug-likeness (QED) is 0.701. The molecule has 1 aliphatic carbocycles. The average Bonchev–Trinajstić information content (AvgIpc) is 3.19. The molecule has 0 aromatic heterocycles. The first-order valence-corrected chi connectivity index (χ1v) is 9.76. The average molecular weight is 427 g/mol. The van der Waals surface area contributed by atoms with Crippen LogP contribution in [0, 0.1) is 0 Å². The fourth-order valence-electron chi connectivity index (χ4n) is 3.96. The summed E-state index contributed by atoms with van der Waals surface area (Å²) in [5.41, 5.74) is 3.26. The molecule has 0 saturated heterocycles. The molecule has 6 heteroatoms. The van der Waals surface area contributed by atoms with Crippen molar-refractivity contribution in [1.29, 1.82) is 0 Å². The molecule has 1 atom stereocenters. The molecule has 0 bridgehead atoms. The number of aryl methyl sites for hydroxylation is 1. The molecule has 0 fully saturated rings. The largest absolute Gasteiger partial charge is 0.339 e. The van der Waals surface area contributed by atoms with E-state index in [1.807, 2.05) is 12.1 Å². The normalized spacial score (nSPS) is 17.9. The fraction of sp³-hybridized carbons (Fsp3) is 0.286. The molecule has 27 heavy (non-hydrogen) atoms. The SMILES string of the molecule is CN(C(=O)CCN1C(=O)c2ccc(Br)cc2C1=O)C1CCc2ccccc21. The fourth-order valence-corrected chi connectivity index (χ4v) is 4.32. The molecule has 0 N–H and O–H groups in total. The summed E-state index contributed by atoms with van der Waals surface area (Å²) in [6.45, 7) is 0.0987. The van der Waals surface area contributed by atoms with Gasteiger partial charge in [-0.1, -0.05) is 40.2 Å². The van der Waals surface area contributed by atoms with Gasteiger partial charge in [-0.05, 0) is 42.2 Å². The first-order valence-electron chi connectivity index (χ1n) is 8.96. The van der Waals surface area contributed by atoms with Gasteiger partial charge in [-0.2, -0.15) is 0 Å². The molecule has 1 aliphatic heterocycles. The Bertz CT molecular complexity index is 956. The second kappa shape index (κ2) is 6.93. The van der Waals surface area contributed by atoms with Crippen LogP contribution in [-0.2, 0) is 11.2 Å². The number of hydrogen-bond donors (Lipinski definition) is 0. The molecule has 0 radical (unpaired) electrons. The molecule has 0 saturated carbocycles. The van der Waals surface area contributed by atoms with Crippen LogP contribution in [0.3, 0.4) is 0 Å². The van der Waals surface area contributed by atoms with Crippen molar-refractivity contribution in [2.24, 2.45) is 0 Å². The van der Waals surface area contributed by atoms with E-state index in [4.69, 9.17) is 0 Å². The van der Waals surface area contributed by atoms with Gasteiger partial charge in [0.05, 0.1) is 17.2 Å². The number of imide groups is 1. The lowest BCUT2D eigenvalue weighted by Crippen LogP contribution is -2.36. The predicted octanol–water partition coefficient (Wildman–Crippen LogP) is 3.58. The topological polar surface area (TPSA) is 57.7 Å². The van der Waals surface area contributed by atoms with Crippen LogP contribution in [0.4, 0.5) is 0 Å². The standard InChI is InChI=1S/C21H19BrN2O3/c1-23(18-9-6-13-4-2-3-5-15(13)18)19(25)10-11-24-20(26)16-8-7-14(22)12-17(16)21(24)27/h2-5,7-8,12,18H,6,9-11H2,1H3. The second-order valence-electron chi connectivity index (χ2n) is 6.96. The number of carbonyl (C=O) groups is 3. The molecule has 2 aromatic rings. The molecule has 2 aromatic carbocycles. The first-order chi connectivity index (χ1) is 13.0. The maximum atomic E-state index is 12.7. The predicted molar refractivity (Wildman–Crippen MR) is 104 cm³/mol. The van der Waals surface area contributed by atoms with E-state index < -0.39 is 0 Å². The van der Waals surface area contributed by atoms with Gasteiger partial charge in [0.1, 0.15) is 0 Å². The van der Waals surface area contributed by atoms with Gasteiger partial charge in [-0.3, -0.25) is 19.3 Å². The monoisotopic (exact) mass is 426 g/mol. The minimum Gasteiger partial charge on any atom is -0.339 e. The van der Waals surface area contributed by atoms with Crippen molar-refractivity contribution in [1.82, 2.24) is 9.80 Å². The van der Waals surface area contributed by atoms with E-state index in [0.717, 1.165) is 17.3 Å². The third-order valence-electron chi connectivity index (χ3n) is 5.44. The molecular formula is C21H19BrN2O3. The highest BCUT2D eigenvalue weighted by Gasteiger charge is 2.36. The van der Waals surface area contributed by atoms with Gasteiger partial charge in [-0.25, -0.2) is 0 Å². The highest BCUT2D eigenvalue weighted by atomic mass is 79.9. The summed E-state index contributed by atoms with van der Waals surface area (Å²) in [4.78, 5) is 40.6. The van der Waals surface area contributed by atoms with E-state index in [9.17, 15) is 14.4 Å². The number of carbonyl (C=O) groups excluding carboxylic acids is 3. The van der Waals surface area contributed by atoms with E-state index >= 15 is 0 Å². The van der Waals surface area contributed by atoms with E-state index in [0.29, 0.717) is 11.1 Å². The Morgan fingerprint density at radius 2 is 1.89 bits per heavy atom. The zero-order valence-electron chi connectivity index (χ0n) is 14.9. The highest BCUT2D eigenvalue weighted by molar-refractivity contribution is 9.10. The Kier molecular flexibility index (Phi) is 4.60. The number of amides is 3. The molecular weight excluding hydrogens is 408 g/mol. The molecule has 1 unspecified atom stereocenters. The molecule has 3 amide bonds. The van der Waals surface area contributed by atoms with Gasteiger partial charge in [0, 0.05) is 24.5 Å². The van der Waals surface area contributed by atoms with Gasteiger partial charge in [0.25, 0.3) is 11.8 Å². The van der Waals surface area contributed by atoms with Crippen molar-refractivity contribution in [3.63, 3.8) is 0 Å². The Balaban J connectivity index is 1.43. The van der Waals surface area contributed by atoms with Crippen molar-refractivity contribution in [3.8, 4) is 0 Å². The van der Waals surface area contributed by atoms with Gasteiger partial charge in [0.15, 0.2) is 0 Å². The lowest BCUT2D eigenvalue weighted by molar-refractivity contribution is -0.132. The molecule has 5 nitrogen and oxygen atoms in total. The third kappa shape index (κ3) is 3.08. The van der Waals surface area contributed by atoms with Gasteiger partial charge in [-0.15, -0.1) is 0 Å². The van der Waals surface area contributed by atoms with Crippen molar-refractivity contribution in [2.75, 3.05) is 13.6 Å². The molecule has 0 spiro atoms. The first kappa shape index (κ1) is 17.9. The minimum absolute atomic E-state index is 0.0607. The summed E-state index contributed by atoms with van der Waals surface area (Å²) < 4.78 is 0.750. The van der Waals surface area contributed by atoms with E-state index in [1.165, 1.54) is 16.0 Å². The summed E-state index contributed by atoms with van der Waals surface area (Å²) in [6.07, 6.45) is 2.00. The molecule has 2 aliphatic rings. The Morgan fingerprint density at radius 1 is 1.15 bits per heavy atom. The molecule has 1 heterocycles. The smallest absolute Gasteiger partial charge is 0.261 e. The molecule has 4 rings (SSSR count). The van der Waals surface area contributed by atoms with Crippen LogP contribution in [0.2, 0.25) is 0 Å². The Morgan fingerprint density at radius 3 is 2.70 bits per heavy atom. The number of hydrogen-bond acceptors (Lipinski definition) is 3. The van der Waals surface area contributed by atoms with Gasteiger partial charge < -0.3 is 4.90 Å². The van der Waals surface area contributed by atoms with Gasteiger partial charge in [0.2, 0.25) is 5.91 Å². The van der Waals surface area contributed by atoms with Crippen LogP contribution in [0.5, 0.6) is 0 Å². The lowest BCUT2D eigenvalue weighted by Gasteiger charge is -2.26. The summed E-state index contributed by atoms with van der Waals surface area (Å²) in [5.74, 6) is -0.725. The maximum absolute atomic E-state index is 12.7. The summed E-state index contributed by atoms with van der Waals surface area (Å²) in [5, 5.41) is 0. The summed E-state index contributed by atoms with van der Waals surface area (Å²) >= 11 is 3.32. The number of rotatable bonds is 4. The van der Waals surface area contributed by atoms with Crippen LogP contribution in [0.15, 0.2) is 46.9 Å². The maximum Gasteiger partial charge on any atom is 0.261 e. The van der Waals surface area contributed by atoms with Crippen molar-refractivity contribution < 1.29 is 14.4 Å². The van der Waals surface area contributed by atoms with E-state index in [2.05, 4.69) is 28.1 Å². The Labute approximate surface area is 166 Å². The van der Waals surface area contributed by atoms with Crippen LogP contribution in [0.1, 0.15) is 50.7 Å². The van der Waals surface area contributed by atoms with E-state index in [-0.39, 0.29) is 36.7 Å². The van der Waals surface area contributed by atoms with Crippen molar-refractivity contribution >= 4 is 33.7 Å². The van der Waals surface area contributed by atoms with Crippen LogP contribution in [-0.4, -0.2) is 41.1 Å². The summed E-state index contributed by atoms with van der Waals surface area (Å²) in [6, 6.07) is 13.3. The van der Waals surface area contributed by atoms with Crippen molar-refractivity contribution in [3.05, 3.63) is 69.2 Å².